The van der Waals surface area contributed by atoms with E-state index in [9.17, 15) is 0 Å². The van der Waals surface area contributed by atoms with Crippen LogP contribution in [0.2, 0.25) is 0 Å². The van der Waals surface area contributed by atoms with Crippen LogP contribution in [0.5, 0.6) is 0 Å². The topological polar surface area (TPSA) is 3.88 Å². The number of hydrogen-bond donors (Lipinski definition) is 0. The molecule has 0 aliphatic rings. The van der Waals surface area contributed by atoms with Gasteiger partial charge in [-0.05, 0) is 22.4 Å². The van der Waals surface area contributed by atoms with E-state index < -0.39 is 0 Å². The van der Waals surface area contributed by atoms with Crippen molar-refractivity contribution in [1.29, 1.82) is 0 Å². The Balaban J connectivity index is 2.56. The zero-order valence-corrected chi connectivity index (χ0v) is 12.4. The summed E-state index contributed by atoms with van der Waals surface area (Å²) in [5.41, 5.74) is 1.74. The summed E-state index contributed by atoms with van der Waals surface area (Å²) >= 11 is 0. The van der Waals surface area contributed by atoms with Gasteiger partial charge in [-0.1, -0.05) is 32.9 Å². The number of hydrogen-bond acceptors (Lipinski definition) is 0. The van der Waals surface area contributed by atoms with Gasteiger partial charge in [0.15, 0.2) is 17.9 Å². The quantitative estimate of drug-likeness (QED) is 0.610. The van der Waals surface area contributed by atoms with Crippen LogP contribution in [-0.4, -0.2) is 0 Å². The fraction of sp³-hybridized carbons (Fsp3) is 0.471. The van der Waals surface area contributed by atoms with Crippen LogP contribution in [-0.2, 0) is 11.0 Å². The molecular weight excluding hydrogens is 218 g/mol. The fourth-order valence-corrected chi connectivity index (χ4v) is 2.07. The molecule has 1 aromatic heterocycles. The monoisotopic (exact) mass is 242 g/mol. The van der Waals surface area contributed by atoms with Crippen LogP contribution in [0.1, 0.15) is 47.1 Å². The average molecular weight is 242 g/mol. The summed E-state index contributed by atoms with van der Waals surface area (Å²) in [6.07, 6.45) is 4.41. The maximum absolute atomic E-state index is 2.31. The van der Waals surface area contributed by atoms with E-state index in [0.717, 1.165) is 0 Å². The van der Waals surface area contributed by atoms with E-state index in [1.54, 1.807) is 0 Å². The van der Waals surface area contributed by atoms with Crippen LogP contribution >= 0.6 is 0 Å². The van der Waals surface area contributed by atoms with Gasteiger partial charge in [-0.15, -0.1) is 0 Å². The molecule has 0 aliphatic carbocycles. The molecule has 96 valence electrons. The van der Waals surface area contributed by atoms with Crippen molar-refractivity contribution in [3.8, 4) is 0 Å². The standard InChI is InChI=1S/C17H24N/c1-16(2,3)15-8-7-14-12-18(17(4,5)6)10-9-13(14)11-15/h7-12H,1-6H3/q+1. The maximum Gasteiger partial charge on any atom is 0.177 e. The largest absolute Gasteiger partial charge is 0.200 e. The zero-order valence-electron chi connectivity index (χ0n) is 12.4. The van der Waals surface area contributed by atoms with E-state index in [2.05, 4.69) is 82.8 Å². The molecule has 0 amide bonds. The van der Waals surface area contributed by atoms with E-state index in [4.69, 9.17) is 0 Å². The molecule has 0 saturated carbocycles. The van der Waals surface area contributed by atoms with Crippen molar-refractivity contribution in [1.82, 2.24) is 0 Å². The molecule has 0 unspecified atom stereocenters. The number of benzene rings is 1. The van der Waals surface area contributed by atoms with Gasteiger partial charge in [0.1, 0.15) is 0 Å². The van der Waals surface area contributed by atoms with E-state index in [1.165, 1.54) is 16.3 Å². The molecule has 2 rings (SSSR count). The van der Waals surface area contributed by atoms with E-state index in [1.807, 2.05) is 0 Å². The first-order valence-corrected chi connectivity index (χ1v) is 6.64. The molecule has 0 radical (unpaired) electrons. The second kappa shape index (κ2) is 4.08. The van der Waals surface area contributed by atoms with E-state index >= 15 is 0 Å². The Kier molecular flexibility index (Phi) is 2.96. The summed E-state index contributed by atoms with van der Waals surface area (Å²) < 4.78 is 2.27. The van der Waals surface area contributed by atoms with Gasteiger partial charge in [-0.2, -0.15) is 0 Å². The van der Waals surface area contributed by atoms with Gasteiger partial charge in [0.25, 0.3) is 0 Å². The molecular formula is C17H24N+. The van der Waals surface area contributed by atoms with Crippen LogP contribution in [0, 0.1) is 0 Å². The minimum atomic E-state index is 0.136. The number of fused-ring (bicyclic) bond motifs is 1. The lowest BCUT2D eigenvalue weighted by Crippen LogP contribution is -2.49. The number of aromatic nitrogens is 1. The summed E-state index contributed by atoms with van der Waals surface area (Å²) in [6.45, 7) is 13.4. The minimum Gasteiger partial charge on any atom is -0.200 e. The molecule has 0 bridgehead atoms. The third-order valence-corrected chi connectivity index (χ3v) is 3.42. The normalized spacial score (nSPS) is 13.0. The Bertz CT molecular complexity index is 515. The van der Waals surface area contributed by atoms with Crippen LogP contribution in [0.15, 0.2) is 36.7 Å². The highest BCUT2D eigenvalue weighted by Crippen LogP contribution is 2.25. The summed E-state index contributed by atoms with van der Waals surface area (Å²) in [5, 5.41) is 2.63. The molecule has 1 nitrogen and oxygen atoms in total. The first-order valence-electron chi connectivity index (χ1n) is 6.64. The molecule has 0 atom stereocenters. The molecule has 2 aromatic rings. The molecule has 0 saturated heterocycles. The summed E-state index contributed by atoms with van der Waals surface area (Å²) in [6, 6.07) is 9.01. The Morgan fingerprint density at radius 3 is 2.06 bits per heavy atom. The molecule has 0 N–H and O–H groups in total. The van der Waals surface area contributed by atoms with Crippen molar-refractivity contribution in [2.45, 2.75) is 52.5 Å². The van der Waals surface area contributed by atoms with Gasteiger partial charge >= 0.3 is 0 Å². The van der Waals surface area contributed by atoms with Gasteiger partial charge in [-0.25, -0.2) is 4.57 Å². The van der Waals surface area contributed by atoms with Crippen molar-refractivity contribution in [2.24, 2.45) is 0 Å². The van der Waals surface area contributed by atoms with Crippen molar-refractivity contribution >= 4 is 10.8 Å². The lowest BCUT2D eigenvalue weighted by atomic mass is 9.86. The average Bonchev–Trinajstić information content (AvgIpc) is 2.25. The maximum atomic E-state index is 2.31. The molecule has 0 fully saturated rings. The van der Waals surface area contributed by atoms with Gasteiger partial charge in [0.05, 0.1) is 0 Å². The highest BCUT2D eigenvalue weighted by atomic mass is 15.0. The second-order valence-corrected chi connectivity index (χ2v) is 7.12. The zero-order chi connectivity index (χ0) is 13.6. The first-order chi connectivity index (χ1) is 8.18. The smallest absolute Gasteiger partial charge is 0.177 e. The molecule has 1 heteroatoms. The molecule has 18 heavy (non-hydrogen) atoms. The highest BCUT2D eigenvalue weighted by molar-refractivity contribution is 5.81. The van der Waals surface area contributed by atoms with Crippen LogP contribution < -0.4 is 4.57 Å². The van der Waals surface area contributed by atoms with Crippen molar-refractivity contribution in [3.63, 3.8) is 0 Å². The van der Waals surface area contributed by atoms with E-state index in [-0.39, 0.29) is 11.0 Å². The first kappa shape index (κ1) is 13.1. The molecule has 0 aliphatic heterocycles. The predicted octanol–water partition coefficient (Wildman–Crippen LogP) is 4.18. The van der Waals surface area contributed by atoms with Crippen molar-refractivity contribution < 1.29 is 4.57 Å². The Morgan fingerprint density at radius 1 is 0.833 bits per heavy atom. The van der Waals surface area contributed by atoms with Gasteiger partial charge in [0, 0.05) is 32.2 Å². The van der Waals surface area contributed by atoms with Gasteiger partial charge < -0.3 is 0 Å². The second-order valence-electron chi connectivity index (χ2n) is 7.12. The number of pyridine rings is 1. The number of rotatable bonds is 0. The molecule has 0 spiro atoms. The van der Waals surface area contributed by atoms with Crippen LogP contribution in [0.3, 0.4) is 0 Å². The third-order valence-electron chi connectivity index (χ3n) is 3.42. The SMILES string of the molecule is CC(C)(C)c1ccc2c[n+](C(C)(C)C)ccc2c1. The fourth-order valence-electron chi connectivity index (χ4n) is 2.07. The lowest BCUT2D eigenvalue weighted by Gasteiger charge is -2.19. The summed E-state index contributed by atoms with van der Waals surface area (Å²) in [5.74, 6) is 0. The van der Waals surface area contributed by atoms with E-state index in [0.29, 0.717) is 0 Å². The van der Waals surface area contributed by atoms with Crippen molar-refractivity contribution in [2.75, 3.05) is 0 Å². The van der Waals surface area contributed by atoms with Gasteiger partial charge in [-0.3, -0.25) is 0 Å². The summed E-state index contributed by atoms with van der Waals surface area (Å²) in [4.78, 5) is 0. The highest BCUT2D eigenvalue weighted by Gasteiger charge is 2.21. The predicted molar refractivity (Wildman–Crippen MR) is 77.8 cm³/mol. The Morgan fingerprint density at radius 2 is 1.50 bits per heavy atom. The third kappa shape index (κ3) is 2.55. The summed E-state index contributed by atoms with van der Waals surface area (Å²) in [7, 11) is 0. The van der Waals surface area contributed by atoms with Crippen LogP contribution in [0.4, 0.5) is 0 Å². The Hall–Kier alpha value is -1.37. The number of nitrogens with zero attached hydrogens (tertiary/aromatic N) is 1. The van der Waals surface area contributed by atoms with Crippen molar-refractivity contribution in [3.05, 3.63) is 42.2 Å². The van der Waals surface area contributed by atoms with Crippen LogP contribution in [0.25, 0.3) is 10.8 Å². The van der Waals surface area contributed by atoms with Gasteiger partial charge in [0.2, 0.25) is 0 Å². The Labute approximate surface area is 110 Å². The minimum absolute atomic E-state index is 0.136. The molecule has 1 heterocycles. The molecule has 1 aromatic carbocycles. The lowest BCUT2D eigenvalue weighted by molar-refractivity contribution is -0.752.